The molecule has 72 valence electrons. The van der Waals surface area contributed by atoms with Crippen LogP contribution in [0, 0.1) is 6.92 Å². The number of aryl methyl sites for hydroxylation is 1. The van der Waals surface area contributed by atoms with Crippen molar-refractivity contribution < 1.29 is 4.52 Å². The molecule has 2 N–H and O–H groups in total. The van der Waals surface area contributed by atoms with Gasteiger partial charge in [-0.15, -0.1) is 0 Å². The predicted molar refractivity (Wildman–Crippen MR) is 49.1 cm³/mol. The van der Waals surface area contributed by atoms with Crippen LogP contribution in [0.5, 0.6) is 0 Å². The fourth-order valence-electron chi connectivity index (χ4n) is 1.63. The minimum absolute atomic E-state index is 0.264. The zero-order chi connectivity index (χ0) is 9.26. The Morgan fingerprint density at radius 1 is 1.38 bits per heavy atom. The van der Waals surface area contributed by atoms with Crippen molar-refractivity contribution in [1.82, 2.24) is 10.5 Å². The summed E-state index contributed by atoms with van der Waals surface area (Å²) in [5.74, 6) is 0. The third kappa shape index (κ3) is 1.47. The number of nitrogens with one attached hydrogen (secondary N) is 2. The third-order valence-corrected chi connectivity index (χ3v) is 2.28. The normalized spacial score (nSPS) is 17.8. The van der Waals surface area contributed by atoms with Crippen LogP contribution in [0.25, 0.3) is 0 Å². The Hall–Kier alpha value is -1.23. The smallest absolute Gasteiger partial charge is 0.362 e. The zero-order valence-corrected chi connectivity index (χ0v) is 7.59. The van der Waals surface area contributed by atoms with Crippen LogP contribution in [0.1, 0.15) is 5.69 Å². The van der Waals surface area contributed by atoms with E-state index in [1.165, 1.54) is 0 Å². The molecule has 0 aliphatic carbocycles. The van der Waals surface area contributed by atoms with Crippen molar-refractivity contribution in [3.8, 4) is 0 Å². The van der Waals surface area contributed by atoms with Gasteiger partial charge in [0.1, 0.15) is 5.69 Å². The van der Waals surface area contributed by atoms with Crippen molar-refractivity contribution in [1.29, 1.82) is 0 Å². The topological polar surface area (TPSA) is 61.3 Å². The van der Waals surface area contributed by atoms with E-state index in [0.29, 0.717) is 5.69 Å². The number of H-pyrrole nitrogens is 1. The van der Waals surface area contributed by atoms with E-state index in [0.717, 1.165) is 31.9 Å². The first-order chi connectivity index (χ1) is 6.29. The molecule has 0 spiro atoms. The zero-order valence-electron chi connectivity index (χ0n) is 7.59. The van der Waals surface area contributed by atoms with E-state index in [1.807, 2.05) is 11.8 Å². The highest BCUT2D eigenvalue weighted by Gasteiger charge is 2.18. The molecule has 0 unspecified atom stereocenters. The summed E-state index contributed by atoms with van der Waals surface area (Å²) in [6.07, 6.45) is 0. The molecule has 0 saturated carbocycles. The molecule has 1 aromatic heterocycles. The highest BCUT2D eigenvalue weighted by atomic mass is 16.5. The highest BCUT2D eigenvalue weighted by Crippen LogP contribution is 2.12. The van der Waals surface area contributed by atoms with E-state index in [9.17, 15) is 4.79 Å². The van der Waals surface area contributed by atoms with Crippen LogP contribution in [0.15, 0.2) is 9.32 Å². The maximum absolute atomic E-state index is 11.3. The lowest BCUT2D eigenvalue weighted by atomic mass is 10.3. The maximum Gasteiger partial charge on any atom is 0.380 e. The standard InChI is InChI=1S/C8H13N3O2/c1-6-7(8(12)13-10-6)11-4-2-9-3-5-11/h9-10H,2-5H2,1H3. The van der Waals surface area contributed by atoms with E-state index >= 15 is 0 Å². The molecule has 1 aliphatic heterocycles. The number of hydrogen-bond donors (Lipinski definition) is 2. The molecule has 5 nitrogen and oxygen atoms in total. The maximum atomic E-state index is 11.3. The van der Waals surface area contributed by atoms with Crippen molar-refractivity contribution in [3.63, 3.8) is 0 Å². The van der Waals surface area contributed by atoms with Gasteiger partial charge in [0.05, 0.1) is 5.69 Å². The molecule has 0 atom stereocenters. The van der Waals surface area contributed by atoms with Crippen LogP contribution in [0.2, 0.25) is 0 Å². The fourth-order valence-corrected chi connectivity index (χ4v) is 1.63. The number of piperazine rings is 1. The van der Waals surface area contributed by atoms with E-state index in [1.54, 1.807) is 0 Å². The molecule has 1 aromatic rings. The Labute approximate surface area is 75.7 Å². The molecular weight excluding hydrogens is 170 g/mol. The average Bonchev–Trinajstić information content (AvgIpc) is 2.48. The molecule has 0 bridgehead atoms. The summed E-state index contributed by atoms with van der Waals surface area (Å²) in [5.41, 5.74) is 1.23. The lowest BCUT2D eigenvalue weighted by Crippen LogP contribution is -2.45. The molecule has 1 saturated heterocycles. The van der Waals surface area contributed by atoms with Gasteiger partial charge in [0.2, 0.25) is 0 Å². The number of nitrogens with zero attached hydrogens (tertiary/aromatic N) is 1. The lowest BCUT2D eigenvalue weighted by Gasteiger charge is -2.27. The molecule has 0 aromatic carbocycles. The molecule has 5 heteroatoms. The minimum atomic E-state index is -0.264. The summed E-state index contributed by atoms with van der Waals surface area (Å²) >= 11 is 0. The number of rotatable bonds is 1. The quantitative estimate of drug-likeness (QED) is 0.626. The third-order valence-electron chi connectivity index (χ3n) is 2.28. The number of aromatic nitrogens is 1. The van der Waals surface area contributed by atoms with Crippen LogP contribution in [0.3, 0.4) is 0 Å². The summed E-state index contributed by atoms with van der Waals surface area (Å²) in [6, 6.07) is 0. The van der Waals surface area contributed by atoms with Crippen LogP contribution in [-0.4, -0.2) is 31.3 Å². The fraction of sp³-hybridized carbons (Fsp3) is 0.625. The average molecular weight is 183 g/mol. The highest BCUT2D eigenvalue weighted by molar-refractivity contribution is 5.47. The van der Waals surface area contributed by atoms with E-state index in [-0.39, 0.29) is 5.63 Å². The molecule has 1 fully saturated rings. The number of anilines is 1. The van der Waals surface area contributed by atoms with E-state index < -0.39 is 0 Å². The van der Waals surface area contributed by atoms with E-state index in [4.69, 9.17) is 4.52 Å². The van der Waals surface area contributed by atoms with Crippen LogP contribution in [-0.2, 0) is 0 Å². The summed E-state index contributed by atoms with van der Waals surface area (Å²) in [5, 5.41) is 5.82. The largest absolute Gasteiger partial charge is 0.380 e. The van der Waals surface area contributed by atoms with Crippen molar-refractivity contribution >= 4 is 5.69 Å². The van der Waals surface area contributed by atoms with Gasteiger partial charge in [0.25, 0.3) is 0 Å². The van der Waals surface area contributed by atoms with Crippen LogP contribution >= 0.6 is 0 Å². The molecule has 1 aliphatic rings. The van der Waals surface area contributed by atoms with E-state index in [2.05, 4.69) is 10.5 Å². The summed E-state index contributed by atoms with van der Waals surface area (Å²) in [7, 11) is 0. The second kappa shape index (κ2) is 3.26. The van der Waals surface area contributed by atoms with Gasteiger partial charge >= 0.3 is 5.63 Å². The monoisotopic (exact) mass is 183 g/mol. The van der Waals surface area contributed by atoms with Gasteiger partial charge in [0.15, 0.2) is 0 Å². The van der Waals surface area contributed by atoms with Crippen molar-refractivity contribution in [3.05, 3.63) is 16.1 Å². The van der Waals surface area contributed by atoms with Crippen molar-refractivity contribution in [2.24, 2.45) is 0 Å². The lowest BCUT2D eigenvalue weighted by molar-refractivity contribution is 0.387. The minimum Gasteiger partial charge on any atom is -0.362 e. The Morgan fingerprint density at radius 2 is 2.08 bits per heavy atom. The molecule has 13 heavy (non-hydrogen) atoms. The summed E-state index contributed by atoms with van der Waals surface area (Å²) in [4.78, 5) is 13.3. The van der Waals surface area contributed by atoms with Gasteiger partial charge in [-0.05, 0) is 6.92 Å². The Balaban J connectivity index is 2.27. The molecular formula is C8H13N3O2. The predicted octanol–water partition coefficient (Wildman–Crippen LogP) is -0.314. The molecule has 2 rings (SSSR count). The van der Waals surface area contributed by atoms with Gasteiger partial charge in [-0.3, -0.25) is 0 Å². The summed E-state index contributed by atoms with van der Waals surface area (Å²) < 4.78 is 4.71. The van der Waals surface area contributed by atoms with Crippen molar-refractivity contribution in [2.75, 3.05) is 31.1 Å². The molecule has 0 amide bonds. The molecule has 2 heterocycles. The van der Waals surface area contributed by atoms with Crippen molar-refractivity contribution in [2.45, 2.75) is 6.92 Å². The van der Waals surface area contributed by atoms with Gasteiger partial charge in [-0.25, -0.2) is 9.95 Å². The van der Waals surface area contributed by atoms with Crippen LogP contribution < -0.4 is 15.8 Å². The Morgan fingerprint density at radius 3 is 2.62 bits per heavy atom. The first-order valence-corrected chi connectivity index (χ1v) is 4.43. The first kappa shape index (κ1) is 8.37. The molecule has 0 radical (unpaired) electrons. The number of hydrogen-bond acceptors (Lipinski definition) is 4. The Kier molecular flexibility index (Phi) is 2.10. The first-order valence-electron chi connectivity index (χ1n) is 4.43. The Bertz CT molecular complexity index is 335. The second-order valence-corrected chi connectivity index (χ2v) is 3.20. The van der Waals surface area contributed by atoms with Gasteiger partial charge in [-0.2, -0.15) is 0 Å². The van der Waals surface area contributed by atoms with Gasteiger partial charge in [-0.1, -0.05) is 0 Å². The van der Waals surface area contributed by atoms with Crippen LogP contribution in [0.4, 0.5) is 5.69 Å². The second-order valence-electron chi connectivity index (χ2n) is 3.20. The van der Waals surface area contributed by atoms with Gasteiger partial charge in [0, 0.05) is 26.2 Å². The summed E-state index contributed by atoms with van der Waals surface area (Å²) in [6.45, 7) is 5.42. The van der Waals surface area contributed by atoms with Gasteiger partial charge < -0.3 is 14.7 Å². The number of aromatic amines is 1. The SMILES string of the molecule is Cc1[nH]oc(=O)c1N1CCNCC1.